The minimum absolute atomic E-state index is 0.180. The Balaban J connectivity index is 1.54. The minimum Gasteiger partial charge on any atom is -0.369 e. The molecule has 0 radical (unpaired) electrons. The number of hydrogen-bond acceptors (Lipinski definition) is 5. The quantitative estimate of drug-likeness (QED) is 0.866. The van der Waals surface area contributed by atoms with Crippen LogP contribution in [0.1, 0.15) is 33.6 Å². The van der Waals surface area contributed by atoms with Gasteiger partial charge in [0.05, 0.1) is 11.5 Å². The van der Waals surface area contributed by atoms with E-state index in [9.17, 15) is 13.2 Å². The van der Waals surface area contributed by atoms with Crippen molar-refractivity contribution < 1.29 is 17.9 Å². The van der Waals surface area contributed by atoms with Crippen LogP contribution in [0, 0.1) is 0 Å². The highest BCUT2D eigenvalue weighted by molar-refractivity contribution is 7.89. The summed E-state index contributed by atoms with van der Waals surface area (Å²) in [5.41, 5.74) is 6.50. The van der Waals surface area contributed by atoms with Crippen molar-refractivity contribution in [3.8, 4) is 0 Å². The molecule has 2 aliphatic heterocycles. The Morgan fingerprint density at radius 1 is 1.15 bits per heavy atom. The van der Waals surface area contributed by atoms with E-state index in [2.05, 4.69) is 11.4 Å². The molecule has 1 saturated heterocycles. The smallest absolute Gasteiger partial charge is 0.248 e. The van der Waals surface area contributed by atoms with Crippen LogP contribution in [0.15, 0.2) is 40.6 Å². The van der Waals surface area contributed by atoms with Crippen LogP contribution in [0.4, 0.5) is 0 Å². The van der Waals surface area contributed by atoms with Gasteiger partial charge in [0, 0.05) is 23.5 Å². The zero-order chi connectivity index (χ0) is 18.4. The molecule has 1 aromatic carbocycles. The van der Waals surface area contributed by atoms with Gasteiger partial charge in [-0.3, -0.25) is 4.79 Å². The number of nitrogens with zero attached hydrogens (tertiary/aromatic N) is 1. The third kappa shape index (κ3) is 2.87. The average Bonchev–Trinajstić information content (AvgIpc) is 3.13. The summed E-state index contributed by atoms with van der Waals surface area (Å²) < 4.78 is 33.5. The summed E-state index contributed by atoms with van der Waals surface area (Å²) in [5.74, 6) is -0.574. The topological polar surface area (TPSA) is 89.7 Å². The Morgan fingerprint density at radius 2 is 1.85 bits per heavy atom. The van der Waals surface area contributed by atoms with Crippen molar-refractivity contribution in [1.82, 2.24) is 4.31 Å². The summed E-state index contributed by atoms with van der Waals surface area (Å²) in [7, 11) is -3.59. The first-order valence-electron chi connectivity index (χ1n) is 8.53. The molecule has 138 valence electrons. The molecular weight excluding hydrogens is 372 g/mol. The summed E-state index contributed by atoms with van der Waals surface area (Å²) >= 11 is 1.70. The average molecular weight is 393 g/mol. The van der Waals surface area contributed by atoms with Gasteiger partial charge >= 0.3 is 0 Å². The predicted octanol–water partition coefficient (Wildman–Crippen LogP) is 2.10. The van der Waals surface area contributed by atoms with Crippen LogP contribution in [0.5, 0.6) is 0 Å². The van der Waals surface area contributed by atoms with E-state index in [-0.39, 0.29) is 10.5 Å². The van der Waals surface area contributed by atoms with Gasteiger partial charge in [-0.2, -0.15) is 4.31 Å². The number of sulfonamides is 1. The molecule has 2 N–H and O–H groups in total. The van der Waals surface area contributed by atoms with E-state index in [0.717, 1.165) is 6.42 Å². The summed E-state index contributed by atoms with van der Waals surface area (Å²) in [6.07, 6.45) is 2.23. The van der Waals surface area contributed by atoms with E-state index >= 15 is 0 Å². The number of piperidine rings is 1. The van der Waals surface area contributed by atoms with E-state index in [4.69, 9.17) is 10.5 Å². The number of thiophene rings is 1. The van der Waals surface area contributed by atoms with Crippen molar-refractivity contribution in [2.75, 3.05) is 19.7 Å². The fourth-order valence-electron chi connectivity index (χ4n) is 3.75. The number of rotatable bonds is 3. The normalized spacial score (nSPS) is 20.0. The second-order valence-electron chi connectivity index (χ2n) is 6.66. The molecule has 26 heavy (non-hydrogen) atoms. The fourth-order valence-corrected chi connectivity index (χ4v) is 6.36. The first-order valence-corrected chi connectivity index (χ1v) is 10.9. The van der Waals surface area contributed by atoms with Gasteiger partial charge < -0.3 is 10.5 Å². The van der Waals surface area contributed by atoms with E-state index in [1.807, 2.05) is 0 Å². The number of hydrogen-bond donors (Lipinski definition) is 1. The fraction of sp³-hybridized carbons (Fsp3) is 0.389. The number of nitrogens with two attached hydrogens (primary N) is 1. The number of fused-ring (bicyclic) bond motifs is 2. The molecule has 2 aliphatic rings. The van der Waals surface area contributed by atoms with Crippen LogP contribution in [0.3, 0.4) is 0 Å². The number of benzene rings is 1. The summed E-state index contributed by atoms with van der Waals surface area (Å²) in [5, 5.41) is 2.09. The molecule has 0 saturated carbocycles. The predicted molar refractivity (Wildman–Crippen MR) is 98.6 cm³/mol. The number of primary amides is 1. The maximum atomic E-state index is 12.9. The molecule has 4 rings (SSSR count). The Bertz CT molecular complexity index is 926. The SMILES string of the molecule is NC(=O)c1ccc(S(=O)(=O)N2CCC3(CC2)OCCc2ccsc23)cc1. The standard InChI is InChI=1S/C18H20N2O4S2/c19-17(21)14-1-3-15(4-2-14)26(22,23)20-9-7-18(8-10-20)16-13(5-11-24-18)6-12-25-16/h1-4,6,12H,5,7-11H2,(H2,19,21). The highest BCUT2D eigenvalue weighted by Gasteiger charge is 2.44. The molecule has 1 spiro atoms. The zero-order valence-electron chi connectivity index (χ0n) is 14.2. The second kappa shape index (κ2) is 6.45. The number of amides is 1. The van der Waals surface area contributed by atoms with Crippen LogP contribution in [-0.4, -0.2) is 38.3 Å². The Morgan fingerprint density at radius 3 is 2.50 bits per heavy atom. The van der Waals surface area contributed by atoms with Gasteiger partial charge in [-0.05, 0) is 60.5 Å². The third-order valence-electron chi connectivity index (χ3n) is 5.22. The minimum atomic E-state index is -3.59. The van der Waals surface area contributed by atoms with Crippen LogP contribution < -0.4 is 5.73 Å². The molecule has 1 fully saturated rings. The molecular formula is C18H20N2O4S2. The highest BCUT2D eigenvalue weighted by atomic mass is 32.2. The van der Waals surface area contributed by atoms with E-state index in [0.29, 0.717) is 38.1 Å². The number of ether oxygens (including phenoxy) is 1. The van der Waals surface area contributed by atoms with Gasteiger partial charge in [0.25, 0.3) is 0 Å². The van der Waals surface area contributed by atoms with Crippen molar-refractivity contribution in [2.45, 2.75) is 29.8 Å². The summed E-state index contributed by atoms with van der Waals surface area (Å²) in [4.78, 5) is 12.6. The van der Waals surface area contributed by atoms with Crippen molar-refractivity contribution in [2.24, 2.45) is 5.73 Å². The Hall–Kier alpha value is -1.74. The lowest BCUT2D eigenvalue weighted by atomic mass is 9.86. The number of carbonyl (C=O) groups excluding carboxylic acids is 1. The van der Waals surface area contributed by atoms with Gasteiger partial charge in [0.2, 0.25) is 15.9 Å². The van der Waals surface area contributed by atoms with Crippen molar-refractivity contribution in [1.29, 1.82) is 0 Å². The molecule has 0 atom stereocenters. The molecule has 2 aromatic rings. The highest BCUT2D eigenvalue weighted by Crippen LogP contribution is 2.44. The van der Waals surface area contributed by atoms with Crippen LogP contribution in [0.2, 0.25) is 0 Å². The first kappa shape index (κ1) is 17.7. The van der Waals surface area contributed by atoms with Crippen molar-refractivity contribution in [3.63, 3.8) is 0 Å². The van der Waals surface area contributed by atoms with Crippen LogP contribution in [0.25, 0.3) is 0 Å². The summed E-state index contributed by atoms with van der Waals surface area (Å²) in [6, 6.07) is 7.92. The maximum absolute atomic E-state index is 12.9. The first-order chi connectivity index (χ1) is 12.4. The molecule has 0 unspecified atom stereocenters. The molecule has 6 nitrogen and oxygen atoms in total. The van der Waals surface area contributed by atoms with Gasteiger partial charge in [-0.15, -0.1) is 11.3 Å². The van der Waals surface area contributed by atoms with E-state index in [1.54, 1.807) is 11.3 Å². The van der Waals surface area contributed by atoms with Gasteiger partial charge in [-0.1, -0.05) is 0 Å². The van der Waals surface area contributed by atoms with Crippen LogP contribution >= 0.6 is 11.3 Å². The lowest BCUT2D eigenvalue weighted by molar-refractivity contribution is -0.0861. The molecule has 8 heteroatoms. The largest absolute Gasteiger partial charge is 0.369 e. The maximum Gasteiger partial charge on any atom is 0.248 e. The van der Waals surface area contributed by atoms with Gasteiger partial charge in [-0.25, -0.2) is 8.42 Å². The van der Waals surface area contributed by atoms with E-state index < -0.39 is 15.9 Å². The number of carbonyl (C=O) groups is 1. The van der Waals surface area contributed by atoms with Gasteiger partial charge in [0.1, 0.15) is 5.60 Å². The van der Waals surface area contributed by atoms with Gasteiger partial charge in [0.15, 0.2) is 0 Å². The van der Waals surface area contributed by atoms with Crippen molar-refractivity contribution in [3.05, 3.63) is 51.7 Å². The van der Waals surface area contributed by atoms with Crippen molar-refractivity contribution >= 4 is 27.3 Å². The molecule has 0 bridgehead atoms. The molecule has 1 aromatic heterocycles. The second-order valence-corrected chi connectivity index (χ2v) is 9.51. The molecule has 0 aliphatic carbocycles. The molecule has 1 amide bonds. The third-order valence-corrected chi connectivity index (χ3v) is 8.27. The zero-order valence-corrected chi connectivity index (χ0v) is 15.8. The monoisotopic (exact) mass is 392 g/mol. The Kier molecular flexibility index (Phi) is 4.38. The lowest BCUT2D eigenvalue weighted by Crippen LogP contribution is -2.47. The Labute approximate surface area is 156 Å². The lowest BCUT2D eigenvalue weighted by Gasteiger charge is -2.43. The summed E-state index contributed by atoms with van der Waals surface area (Å²) in [6.45, 7) is 1.51. The van der Waals surface area contributed by atoms with E-state index in [1.165, 1.54) is 39.0 Å². The van der Waals surface area contributed by atoms with Crippen LogP contribution in [-0.2, 0) is 26.8 Å². The molecule has 3 heterocycles.